The van der Waals surface area contributed by atoms with Gasteiger partial charge in [0.2, 0.25) is 0 Å². The number of thioether (sulfide) groups is 1. The molecule has 2 nitrogen and oxygen atoms in total. The maximum absolute atomic E-state index is 6.15. The number of unbranched alkanes of at least 4 members (excludes halogenated alkanes) is 2. The van der Waals surface area contributed by atoms with Crippen molar-refractivity contribution in [2.75, 3.05) is 17.9 Å². The van der Waals surface area contributed by atoms with Crippen molar-refractivity contribution < 1.29 is 0 Å². The summed E-state index contributed by atoms with van der Waals surface area (Å²) < 4.78 is 2.24. The van der Waals surface area contributed by atoms with Crippen LogP contribution < -0.4 is 0 Å². The molecule has 0 aliphatic carbocycles. The third-order valence-electron chi connectivity index (χ3n) is 3.42. The molecule has 0 saturated carbocycles. The van der Waals surface area contributed by atoms with Crippen molar-refractivity contribution in [2.24, 2.45) is 0 Å². The number of imidazole rings is 1. The van der Waals surface area contributed by atoms with Crippen molar-refractivity contribution in [3.63, 3.8) is 0 Å². The highest BCUT2D eigenvalue weighted by molar-refractivity contribution is 7.98. The standard InChI is InChI=1S/C15H19Cl3N2S/c1-21-8-4-2-3-7-20-14-10-12(18)11(17)9-13(14)19-15(20)5-6-16/h9-10H,2-8H2,1H3. The minimum atomic E-state index is 0.547. The summed E-state index contributed by atoms with van der Waals surface area (Å²) in [7, 11) is 0. The number of rotatable bonds is 8. The smallest absolute Gasteiger partial charge is 0.111 e. The first-order valence-corrected chi connectivity index (χ1v) is 9.75. The summed E-state index contributed by atoms with van der Waals surface area (Å²) in [5.41, 5.74) is 1.95. The topological polar surface area (TPSA) is 17.8 Å². The predicted octanol–water partition coefficient (Wildman–Crippen LogP) is 5.66. The van der Waals surface area contributed by atoms with Gasteiger partial charge in [0.1, 0.15) is 5.82 Å². The summed E-state index contributed by atoms with van der Waals surface area (Å²) >= 11 is 20.0. The molecule has 0 fully saturated rings. The highest BCUT2D eigenvalue weighted by atomic mass is 35.5. The minimum Gasteiger partial charge on any atom is -0.328 e. The zero-order valence-electron chi connectivity index (χ0n) is 12.0. The van der Waals surface area contributed by atoms with Crippen LogP contribution in [0.1, 0.15) is 25.1 Å². The normalized spacial score (nSPS) is 11.4. The van der Waals surface area contributed by atoms with Crippen LogP contribution in [0.4, 0.5) is 0 Å². The molecule has 0 aliphatic heterocycles. The van der Waals surface area contributed by atoms with Gasteiger partial charge in [-0.2, -0.15) is 11.8 Å². The lowest BCUT2D eigenvalue weighted by Crippen LogP contribution is -2.05. The van der Waals surface area contributed by atoms with Gasteiger partial charge in [0.25, 0.3) is 0 Å². The van der Waals surface area contributed by atoms with E-state index in [2.05, 4.69) is 15.8 Å². The van der Waals surface area contributed by atoms with Crippen LogP contribution in [0, 0.1) is 0 Å². The molecule has 0 spiro atoms. The molecule has 2 rings (SSSR count). The van der Waals surface area contributed by atoms with Gasteiger partial charge in [0, 0.05) is 18.8 Å². The Hall–Kier alpha value is -0.0900. The van der Waals surface area contributed by atoms with E-state index in [0.717, 1.165) is 36.2 Å². The minimum absolute atomic E-state index is 0.547. The molecule has 116 valence electrons. The summed E-state index contributed by atoms with van der Waals surface area (Å²) in [4.78, 5) is 4.65. The molecule has 21 heavy (non-hydrogen) atoms. The number of benzene rings is 1. The quantitative estimate of drug-likeness (QED) is 0.444. The van der Waals surface area contributed by atoms with E-state index >= 15 is 0 Å². The zero-order valence-corrected chi connectivity index (χ0v) is 15.1. The van der Waals surface area contributed by atoms with Gasteiger partial charge in [-0.3, -0.25) is 0 Å². The summed E-state index contributed by atoms with van der Waals surface area (Å²) in [5, 5.41) is 1.12. The Morgan fingerprint density at radius 1 is 1.14 bits per heavy atom. The second-order valence-corrected chi connectivity index (χ2v) is 7.11. The van der Waals surface area contributed by atoms with Gasteiger partial charge in [0.15, 0.2) is 0 Å². The second-order valence-electron chi connectivity index (χ2n) is 4.93. The molecular weight excluding hydrogens is 347 g/mol. The fourth-order valence-corrected chi connectivity index (χ4v) is 3.37. The molecule has 1 heterocycles. The van der Waals surface area contributed by atoms with Gasteiger partial charge in [-0.15, -0.1) is 11.6 Å². The number of hydrogen-bond donors (Lipinski definition) is 0. The number of alkyl halides is 1. The summed E-state index contributed by atoms with van der Waals surface area (Å²) in [6, 6.07) is 3.74. The van der Waals surface area contributed by atoms with Crippen molar-refractivity contribution in [2.45, 2.75) is 32.2 Å². The van der Waals surface area contributed by atoms with Gasteiger partial charge in [0.05, 0.1) is 21.1 Å². The summed E-state index contributed by atoms with van der Waals surface area (Å²) in [5.74, 6) is 2.81. The maximum Gasteiger partial charge on any atom is 0.111 e. The first kappa shape index (κ1) is 17.3. The number of nitrogens with zero attached hydrogens (tertiary/aromatic N) is 2. The summed E-state index contributed by atoms with van der Waals surface area (Å²) in [6.07, 6.45) is 6.53. The van der Waals surface area contributed by atoms with Crippen LogP contribution in [0.5, 0.6) is 0 Å². The van der Waals surface area contributed by atoms with Crippen molar-refractivity contribution in [1.82, 2.24) is 9.55 Å². The Labute approximate surface area is 145 Å². The molecular formula is C15H19Cl3N2S. The Bertz CT molecular complexity index is 598. The molecule has 0 unspecified atom stereocenters. The van der Waals surface area contributed by atoms with E-state index in [4.69, 9.17) is 34.8 Å². The molecule has 0 N–H and O–H groups in total. The Morgan fingerprint density at radius 2 is 1.90 bits per heavy atom. The van der Waals surface area contributed by atoms with E-state index in [1.807, 2.05) is 23.9 Å². The molecule has 0 radical (unpaired) electrons. The first-order valence-electron chi connectivity index (χ1n) is 7.06. The molecule has 0 atom stereocenters. The van der Waals surface area contributed by atoms with Crippen LogP contribution in [0.3, 0.4) is 0 Å². The van der Waals surface area contributed by atoms with E-state index in [0.29, 0.717) is 15.9 Å². The molecule has 0 amide bonds. The Morgan fingerprint density at radius 3 is 2.62 bits per heavy atom. The number of aryl methyl sites for hydroxylation is 2. The maximum atomic E-state index is 6.15. The van der Waals surface area contributed by atoms with Gasteiger partial charge >= 0.3 is 0 Å². The number of aromatic nitrogens is 2. The molecule has 6 heteroatoms. The van der Waals surface area contributed by atoms with Gasteiger partial charge in [-0.1, -0.05) is 29.6 Å². The Balaban J connectivity index is 2.21. The second kappa shape index (κ2) is 8.52. The highest BCUT2D eigenvalue weighted by Crippen LogP contribution is 2.29. The SMILES string of the molecule is CSCCCCCn1c(CCCl)nc2cc(Cl)c(Cl)cc21. The lowest BCUT2D eigenvalue weighted by molar-refractivity contribution is 0.596. The van der Waals surface area contributed by atoms with E-state index in [1.54, 1.807) is 0 Å². The Kier molecular flexibility index (Phi) is 7.00. The highest BCUT2D eigenvalue weighted by Gasteiger charge is 2.12. The van der Waals surface area contributed by atoms with Gasteiger partial charge < -0.3 is 4.57 Å². The average Bonchev–Trinajstić information content (AvgIpc) is 2.77. The van der Waals surface area contributed by atoms with Crippen LogP contribution in [-0.4, -0.2) is 27.4 Å². The molecule has 2 aromatic rings. The predicted molar refractivity (Wildman–Crippen MR) is 96.4 cm³/mol. The summed E-state index contributed by atoms with van der Waals surface area (Å²) in [6.45, 7) is 0.953. The van der Waals surface area contributed by atoms with E-state index in [9.17, 15) is 0 Å². The van der Waals surface area contributed by atoms with Crippen molar-refractivity contribution in [3.8, 4) is 0 Å². The molecule has 0 aliphatic rings. The lowest BCUT2D eigenvalue weighted by Gasteiger charge is -2.09. The van der Waals surface area contributed by atoms with E-state index < -0.39 is 0 Å². The fraction of sp³-hybridized carbons (Fsp3) is 0.533. The van der Waals surface area contributed by atoms with Crippen LogP contribution >= 0.6 is 46.6 Å². The molecule has 0 saturated heterocycles. The monoisotopic (exact) mass is 364 g/mol. The number of fused-ring (bicyclic) bond motifs is 1. The van der Waals surface area contributed by atoms with Crippen molar-refractivity contribution in [3.05, 3.63) is 28.0 Å². The first-order chi connectivity index (χ1) is 10.2. The van der Waals surface area contributed by atoms with E-state index in [-0.39, 0.29) is 0 Å². The average molecular weight is 366 g/mol. The van der Waals surface area contributed by atoms with Crippen LogP contribution in [-0.2, 0) is 13.0 Å². The fourth-order valence-electron chi connectivity index (χ4n) is 2.39. The lowest BCUT2D eigenvalue weighted by atomic mass is 10.2. The largest absolute Gasteiger partial charge is 0.328 e. The zero-order chi connectivity index (χ0) is 15.2. The van der Waals surface area contributed by atoms with Gasteiger partial charge in [-0.05, 0) is 37.0 Å². The molecule has 1 aromatic carbocycles. The van der Waals surface area contributed by atoms with Crippen LogP contribution in [0.15, 0.2) is 12.1 Å². The number of halogens is 3. The van der Waals surface area contributed by atoms with Crippen molar-refractivity contribution in [1.29, 1.82) is 0 Å². The number of hydrogen-bond acceptors (Lipinski definition) is 2. The molecule has 1 aromatic heterocycles. The molecule has 0 bridgehead atoms. The van der Waals surface area contributed by atoms with Crippen LogP contribution in [0.25, 0.3) is 11.0 Å². The van der Waals surface area contributed by atoms with Crippen LogP contribution in [0.2, 0.25) is 10.0 Å². The third kappa shape index (κ3) is 4.44. The van der Waals surface area contributed by atoms with Crippen molar-refractivity contribution >= 4 is 57.6 Å². The van der Waals surface area contributed by atoms with E-state index in [1.165, 1.54) is 18.6 Å². The van der Waals surface area contributed by atoms with Gasteiger partial charge in [-0.25, -0.2) is 4.98 Å². The third-order valence-corrected chi connectivity index (χ3v) is 5.03.